The second-order valence-corrected chi connectivity index (χ2v) is 4.98. The zero-order chi connectivity index (χ0) is 12.4. The Bertz CT molecular complexity index is 515. The number of rotatable bonds is 3. The van der Waals surface area contributed by atoms with Crippen molar-refractivity contribution in [1.82, 2.24) is 8.75 Å². The molecule has 90 valence electrons. The van der Waals surface area contributed by atoms with Gasteiger partial charge in [-0.15, -0.1) is 0 Å². The van der Waals surface area contributed by atoms with E-state index in [1.165, 1.54) is 0 Å². The van der Waals surface area contributed by atoms with Crippen molar-refractivity contribution >= 4 is 40.7 Å². The van der Waals surface area contributed by atoms with Gasteiger partial charge in [-0.2, -0.15) is 8.75 Å². The van der Waals surface area contributed by atoms with Gasteiger partial charge in [0.15, 0.2) is 11.0 Å². The topological polar surface area (TPSA) is 29.0 Å². The summed E-state index contributed by atoms with van der Waals surface area (Å²) in [7, 11) is 1.93. The summed E-state index contributed by atoms with van der Waals surface area (Å²) in [6.07, 6.45) is 0. The summed E-state index contributed by atoms with van der Waals surface area (Å²) >= 11 is 13.2. The predicted molar refractivity (Wildman–Crippen MR) is 73.2 cm³/mol. The van der Waals surface area contributed by atoms with E-state index in [0.29, 0.717) is 11.0 Å². The fraction of sp³-hybridized carbons (Fsp3) is 0.273. The van der Waals surface area contributed by atoms with Crippen molar-refractivity contribution in [2.24, 2.45) is 0 Å². The lowest BCUT2D eigenvalue weighted by molar-refractivity contribution is 0.733. The first kappa shape index (κ1) is 12.6. The molecule has 0 amide bonds. The highest BCUT2D eigenvalue weighted by Crippen LogP contribution is 2.32. The molecule has 2 aromatic rings. The lowest BCUT2D eigenvalue weighted by atomic mass is 10.1. The number of anilines is 1. The molecular formula is C11H11Cl2N3S. The predicted octanol–water partition coefficient (Wildman–Crippen LogP) is 4.04. The lowest BCUT2D eigenvalue weighted by Gasteiger charge is -2.25. The van der Waals surface area contributed by atoms with E-state index < -0.39 is 0 Å². The van der Waals surface area contributed by atoms with Gasteiger partial charge in [-0.05, 0) is 18.6 Å². The minimum Gasteiger partial charge on any atom is -0.349 e. The second-order valence-electron chi connectivity index (χ2n) is 3.69. The number of aromatic nitrogens is 2. The molecule has 0 aliphatic heterocycles. The molecule has 0 aliphatic rings. The van der Waals surface area contributed by atoms with Gasteiger partial charge in [0.2, 0.25) is 0 Å². The van der Waals surface area contributed by atoms with Gasteiger partial charge in [-0.3, -0.25) is 0 Å². The summed E-state index contributed by atoms with van der Waals surface area (Å²) < 4.78 is 8.13. The number of hydrogen-bond donors (Lipinski definition) is 0. The van der Waals surface area contributed by atoms with Crippen molar-refractivity contribution in [3.63, 3.8) is 0 Å². The van der Waals surface area contributed by atoms with Crippen LogP contribution >= 0.6 is 34.9 Å². The van der Waals surface area contributed by atoms with Gasteiger partial charge in [-0.25, -0.2) is 0 Å². The Kier molecular flexibility index (Phi) is 3.86. The molecule has 1 atom stereocenters. The molecule has 0 N–H and O–H groups in total. The van der Waals surface area contributed by atoms with Crippen LogP contribution in [0.5, 0.6) is 0 Å². The standard InChI is InChI=1S/C11H11Cl2N3S/c1-7(8-5-3-4-6-9(8)12)16(2)11-10(13)14-17-15-11/h3-7H,1-2H3. The Morgan fingerprint density at radius 1 is 1.24 bits per heavy atom. The Morgan fingerprint density at radius 3 is 2.53 bits per heavy atom. The van der Waals surface area contributed by atoms with Gasteiger partial charge in [-0.1, -0.05) is 41.4 Å². The summed E-state index contributed by atoms with van der Waals surface area (Å²) in [4.78, 5) is 1.97. The Morgan fingerprint density at radius 2 is 1.94 bits per heavy atom. The van der Waals surface area contributed by atoms with E-state index in [9.17, 15) is 0 Å². The molecule has 2 rings (SSSR count). The molecule has 1 aromatic heterocycles. The molecule has 6 heteroatoms. The molecule has 0 radical (unpaired) electrons. The minimum absolute atomic E-state index is 0.0881. The zero-order valence-corrected chi connectivity index (χ0v) is 11.7. The molecule has 0 spiro atoms. The van der Waals surface area contributed by atoms with Crippen molar-refractivity contribution < 1.29 is 0 Å². The lowest BCUT2D eigenvalue weighted by Crippen LogP contribution is -2.22. The summed E-state index contributed by atoms with van der Waals surface area (Å²) in [5.41, 5.74) is 1.04. The van der Waals surface area contributed by atoms with Crippen molar-refractivity contribution in [1.29, 1.82) is 0 Å². The molecule has 0 fully saturated rings. The molecule has 0 saturated heterocycles. The average molecular weight is 288 g/mol. The van der Waals surface area contributed by atoms with Crippen molar-refractivity contribution in [2.45, 2.75) is 13.0 Å². The quantitative estimate of drug-likeness (QED) is 0.853. The molecule has 1 heterocycles. The van der Waals surface area contributed by atoms with Crippen molar-refractivity contribution in [3.05, 3.63) is 40.0 Å². The summed E-state index contributed by atoms with van der Waals surface area (Å²) in [6, 6.07) is 7.84. The molecule has 17 heavy (non-hydrogen) atoms. The molecule has 1 aromatic carbocycles. The summed E-state index contributed by atoms with van der Waals surface area (Å²) in [5.74, 6) is 0.684. The van der Waals surface area contributed by atoms with E-state index in [1.54, 1.807) is 0 Å². The molecule has 0 saturated carbocycles. The first-order chi connectivity index (χ1) is 8.11. The van der Waals surface area contributed by atoms with Crippen LogP contribution < -0.4 is 4.90 Å². The number of nitrogens with zero attached hydrogens (tertiary/aromatic N) is 3. The van der Waals surface area contributed by atoms with Gasteiger partial charge in [0.1, 0.15) is 0 Å². The van der Waals surface area contributed by atoms with Crippen LogP contribution in [0.15, 0.2) is 24.3 Å². The van der Waals surface area contributed by atoms with E-state index in [1.807, 2.05) is 36.2 Å². The third-order valence-corrected chi connectivity index (χ3v) is 3.92. The van der Waals surface area contributed by atoms with Gasteiger partial charge in [0, 0.05) is 12.1 Å². The maximum Gasteiger partial charge on any atom is 0.187 e. The monoisotopic (exact) mass is 287 g/mol. The number of hydrogen-bond acceptors (Lipinski definition) is 4. The van der Waals surface area contributed by atoms with Crippen LogP contribution in [0.25, 0.3) is 0 Å². The van der Waals surface area contributed by atoms with Crippen LogP contribution in [0, 0.1) is 0 Å². The second kappa shape index (κ2) is 5.21. The van der Waals surface area contributed by atoms with Crippen LogP contribution in [-0.2, 0) is 0 Å². The highest BCUT2D eigenvalue weighted by molar-refractivity contribution is 6.99. The van der Waals surface area contributed by atoms with Crippen LogP contribution in [0.4, 0.5) is 5.82 Å². The maximum absolute atomic E-state index is 6.17. The third-order valence-electron chi connectivity index (χ3n) is 2.70. The average Bonchev–Trinajstić information content (AvgIpc) is 2.74. The van der Waals surface area contributed by atoms with Crippen LogP contribution in [0.3, 0.4) is 0 Å². The normalized spacial score (nSPS) is 12.5. The molecular weight excluding hydrogens is 277 g/mol. The Balaban J connectivity index is 2.30. The van der Waals surface area contributed by atoms with Crippen LogP contribution in [-0.4, -0.2) is 15.8 Å². The SMILES string of the molecule is CC(c1ccccc1Cl)N(C)c1nsnc1Cl. The van der Waals surface area contributed by atoms with Crippen LogP contribution in [0.1, 0.15) is 18.5 Å². The summed E-state index contributed by atoms with van der Waals surface area (Å²) in [5, 5.41) is 1.17. The molecule has 0 bridgehead atoms. The van der Waals surface area contributed by atoms with Crippen molar-refractivity contribution in [3.8, 4) is 0 Å². The molecule has 3 nitrogen and oxygen atoms in total. The maximum atomic E-state index is 6.17. The first-order valence-corrected chi connectivity index (χ1v) is 6.55. The van der Waals surface area contributed by atoms with E-state index >= 15 is 0 Å². The largest absolute Gasteiger partial charge is 0.349 e. The highest BCUT2D eigenvalue weighted by atomic mass is 35.5. The van der Waals surface area contributed by atoms with Crippen LogP contribution in [0.2, 0.25) is 10.2 Å². The third kappa shape index (κ3) is 2.54. The Hall–Kier alpha value is -0.840. The zero-order valence-electron chi connectivity index (χ0n) is 9.39. The Labute approximate surface area is 114 Å². The fourth-order valence-corrected chi connectivity index (χ4v) is 2.69. The molecule has 0 aliphatic carbocycles. The van der Waals surface area contributed by atoms with E-state index in [2.05, 4.69) is 15.7 Å². The van der Waals surface area contributed by atoms with E-state index in [0.717, 1.165) is 22.3 Å². The highest BCUT2D eigenvalue weighted by Gasteiger charge is 2.19. The fourth-order valence-electron chi connectivity index (χ4n) is 1.59. The summed E-state index contributed by atoms with van der Waals surface area (Å²) in [6.45, 7) is 2.05. The smallest absolute Gasteiger partial charge is 0.187 e. The van der Waals surface area contributed by atoms with Gasteiger partial charge in [0.25, 0.3) is 0 Å². The minimum atomic E-state index is 0.0881. The number of benzene rings is 1. The van der Waals surface area contributed by atoms with Crippen molar-refractivity contribution in [2.75, 3.05) is 11.9 Å². The van der Waals surface area contributed by atoms with E-state index in [4.69, 9.17) is 23.2 Å². The van der Waals surface area contributed by atoms with E-state index in [-0.39, 0.29) is 6.04 Å². The van der Waals surface area contributed by atoms with Gasteiger partial charge >= 0.3 is 0 Å². The molecule has 1 unspecified atom stereocenters. The first-order valence-electron chi connectivity index (χ1n) is 5.06. The van der Waals surface area contributed by atoms with Gasteiger partial charge < -0.3 is 4.90 Å². The van der Waals surface area contributed by atoms with Gasteiger partial charge in [0.05, 0.1) is 17.8 Å². The number of halogens is 2.